The number of benzene rings is 3. The Kier molecular flexibility index (Phi) is 3.57. The highest BCUT2D eigenvalue weighted by atomic mass is 14.7. The lowest BCUT2D eigenvalue weighted by Gasteiger charge is -2.09. The van der Waals surface area contributed by atoms with Gasteiger partial charge in [-0.15, -0.1) is 0 Å². The number of nitrogens with zero attached hydrogens (tertiary/aromatic N) is 1. The van der Waals surface area contributed by atoms with Gasteiger partial charge < -0.3 is 0 Å². The van der Waals surface area contributed by atoms with E-state index >= 15 is 0 Å². The minimum atomic E-state index is 1.04. The lowest BCUT2D eigenvalue weighted by molar-refractivity contribution is 1.37. The van der Waals surface area contributed by atoms with Gasteiger partial charge in [0.15, 0.2) is 0 Å². The van der Waals surface area contributed by atoms with Gasteiger partial charge in [0, 0.05) is 5.71 Å². The van der Waals surface area contributed by atoms with Crippen LogP contribution in [0.3, 0.4) is 0 Å². The molecule has 0 heterocycles. The standard InChI is InChI=1S/C20H19N/c1-14-8-4-7-11-20(14)21-16(3)19-13-18-10-6-5-9-17(18)12-15(19)2/h4-13H,1-3H3. The van der Waals surface area contributed by atoms with E-state index in [-0.39, 0.29) is 0 Å². The number of rotatable bonds is 2. The number of para-hydroxylation sites is 1. The molecule has 3 aromatic rings. The van der Waals surface area contributed by atoms with E-state index in [2.05, 4.69) is 69.3 Å². The zero-order valence-electron chi connectivity index (χ0n) is 12.7. The Morgan fingerprint density at radius 1 is 0.762 bits per heavy atom. The van der Waals surface area contributed by atoms with Crippen LogP contribution in [0.4, 0.5) is 5.69 Å². The van der Waals surface area contributed by atoms with Crippen molar-refractivity contribution in [1.82, 2.24) is 0 Å². The molecule has 0 spiro atoms. The molecule has 0 aliphatic rings. The molecular formula is C20H19N. The van der Waals surface area contributed by atoms with Crippen LogP contribution in [-0.4, -0.2) is 5.71 Å². The highest BCUT2D eigenvalue weighted by Crippen LogP contribution is 2.23. The Labute approximate surface area is 126 Å². The van der Waals surface area contributed by atoms with Crippen LogP contribution in [0.5, 0.6) is 0 Å². The van der Waals surface area contributed by atoms with E-state index in [9.17, 15) is 0 Å². The van der Waals surface area contributed by atoms with Gasteiger partial charge in [-0.2, -0.15) is 0 Å². The van der Waals surface area contributed by atoms with E-state index in [4.69, 9.17) is 4.99 Å². The third-order valence-electron chi connectivity index (χ3n) is 3.89. The zero-order valence-corrected chi connectivity index (χ0v) is 12.7. The summed E-state index contributed by atoms with van der Waals surface area (Å²) < 4.78 is 0. The number of aliphatic imine (C=N–C) groups is 1. The van der Waals surface area contributed by atoms with Crippen molar-refractivity contribution < 1.29 is 0 Å². The second-order valence-corrected chi connectivity index (χ2v) is 5.50. The molecule has 3 rings (SSSR count). The minimum Gasteiger partial charge on any atom is -0.253 e. The molecule has 0 bridgehead atoms. The first-order valence-corrected chi connectivity index (χ1v) is 7.26. The normalized spacial score (nSPS) is 11.9. The number of hydrogen-bond acceptors (Lipinski definition) is 1. The third-order valence-corrected chi connectivity index (χ3v) is 3.89. The molecule has 1 heteroatoms. The minimum absolute atomic E-state index is 1.04. The second kappa shape index (κ2) is 5.53. The van der Waals surface area contributed by atoms with E-state index in [0.717, 1.165) is 11.4 Å². The molecule has 0 aliphatic carbocycles. The van der Waals surface area contributed by atoms with Crippen molar-refractivity contribution in [3.05, 3.63) is 77.4 Å². The van der Waals surface area contributed by atoms with Crippen LogP contribution in [0.25, 0.3) is 10.8 Å². The predicted molar refractivity (Wildman–Crippen MR) is 91.7 cm³/mol. The molecule has 21 heavy (non-hydrogen) atoms. The van der Waals surface area contributed by atoms with Crippen molar-refractivity contribution in [3.8, 4) is 0 Å². The van der Waals surface area contributed by atoms with Gasteiger partial charge in [0.25, 0.3) is 0 Å². The smallest absolute Gasteiger partial charge is 0.0662 e. The molecule has 3 aromatic carbocycles. The molecule has 0 N–H and O–H groups in total. The molecule has 0 amide bonds. The lowest BCUT2D eigenvalue weighted by atomic mass is 9.99. The molecule has 0 saturated carbocycles. The fourth-order valence-corrected chi connectivity index (χ4v) is 2.67. The average molecular weight is 273 g/mol. The molecule has 0 atom stereocenters. The fraction of sp³-hybridized carbons (Fsp3) is 0.150. The van der Waals surface area contributed by atoms with Crippen molar-refractivity contribution in [3.63, 3.8) is 0 Å². The van der Waals surface area contributed by atoms with Crippen LogP contribution in [0.1, 0.15) is 23.6 Å². The SMILES string of the molecule is CC(=Nc1ccccc1C)c1cc2ccccc2cc1C. The summed E-state index contributed by atoms with van der Waals surface area (Å²) in [4.78, 5) is 4.81. The maximum atomic E-state index is 4.81. The first-order chi connectivity index (χ1) is 10.1. The third kappa shape index (κ3) is 2.73. The highest BCUT2D eigenvalue weighted by Gasteiger charge is 2.05. The summed E-state index contributed by atoms with van der Waals surface area (Å²) in [5, 5.41) is 2.54. The summed E-state index contributed by atoms with van der Waals surface area (Å²) in [6.45, 7) is 6.33. The van der Waals surface area contributed by atoms with Crippen molar-refractivity contribution in [2.45, 2.75) is 20.8 Å². The van der Waals surface area contributed by atoms with Crippen molar-refractivity contribution >= 4 is 22.2 Å². The molecule has 0 saturated heterocycles. The van der Waals surface area contributed by atoms with E-state index in [1.54, 1.807) is 0 Å². The van der Waals surface area contributed by atoms with Crippen LogP contribution in [0.2, 0.25) is 0 Å². The molecule has 1 nitrogen and oxygen atoms in total. The Morgan fingerprint density at radius 2 is 1.38 bits per heavy atom. The van der Waals surface area contributed by atoms with Crippen LogP contribution in [-0.2, 0) is 0 Å². The highest BCUT2D eigenvalue weighted by molar-refractivity contribution is 6.04. The van der Waals surface area contributed by atoms with Crippen LogP contribution in [0, 0.1) is 13.8 Å². The van der Waals surface area contributed by atoms with Gasteiger partial charge in [-0.05, 0) is 60.4 Å². The van der Waals surface area contributed by atoms with Gasteiger partial charge in [0.1, 0.15) is 0 Å². The van der Waals surface area contributed by atoms with Crippen molar-refractivity contribution in [2.75, 3.05) is 0 Å². The summed E-state index contributed by atoms with van der Waals surface area (Å²) in [5.41, 5.74) is 5.80. The summed E-state index contributed by atoms with van der Waals surface area (Å²) in [5.74, 6) is 0. The van der Waals surface area contributed by atoms with Crippen LogP contribution in [0.15, 0.2) is 65.7 Å². The Balaban J connectivity index is 2.11. The summed E-state index contributed by atoms with van der Waals surface area (Å²) >= 11 is 0. The van der Waals surface area contributed by atoms with Crippen molar-refractivity contribution in [2.24, 2.45) is 4.99 Å². The Hall–Kier alpha value is -2.41. The molecular weight excluding hydrogens is 254 g/mol. The number of aryl methyl sites for hydroxylation is 2. The molecule has 104 valence electrons. The first kappa shape index (κ1) is 13.6. The zero-order chi connectivity index (χ0) is 14.8. The molecule has 0 fully saturated rings. The molecule has 0 radical (unpaired) electrons. The largest absolute Gasteiger partial charge is 0.253 e. The van der Waals surface area contributed by atoms with Gasteiger partial charge in [-0.3, -0.25) is 4.99 Å². The van der Waals surface area contributed by atoms with E-state index in [1.807, 2.05) is 12.1 Å². The topological polar surface area (TPSA) is 12.4 Å². The number of fused-ring (bicyclic) bond motifs is 1. The average Bonchev–Trinajstić information content (AvgIpc) is 2.49. The summed E-state index contributed by atoms with van der Waals surface area (Å²) in [6, 6.07) is 21.2. The molecule has 0 aromatic heterocycles. The summed E-state index contributed by atoms with van der Waals surface area (Å²) in [7, 11) is 0. The molecule has 0 aliphatic heterocycles. The Morgan fingerprint density at radius 3 is 2.10 bits per heavy atom. The monoisotopic (exact) mass is 273 g/mol. The number of hydrogen-bond donors (Lipinski definition) is 0. The van der Waals surface area contributed by atoms with E-state index < -0.39 is 0 Å². The second-order valence-electron chi connectivity index (χ2n) is 5.50. The van der Waals surface area contributed by atoms with Gasteiger partial charge >= 0.3 is 0 Å². The van der Waals surface area contributed by atoms with Crippen LogP contribution >= 0.6 is 0 Å². The quantitative estimate of drug-likeness (QED) is 0.539. The fourth-order valence-electron chi connectivity index (χ4n) is 2.67. The Bertz CT molecular complexity index is 828. The first-order valence-electron chi connectivity index (χ1n) is 7.26. The summed E-state index contributed by atoms with van der Waals surface area (Å²) in [6.07, 6.45) is 0. The lowest BCUT2D eigenvalue weighted by Crippen LogP contribution is -1.98. The van der Waals surface area contributed by atoms with E-state index in [1.165, 1.54) is 27.5 Å². The van der Waals surface area contributed by atoms with Gasteiger partial charge in [0.05, 0.1) is 5.69 Å². The van der Waals surface area contributed by atoms with Gasteiger partial charge in [-0.25, -0.2) is 0 Å². The predicted octanol–water partition coefficient (Wildman–Crippen LogP) is 5.60. The van der Waals surface area contributed by atoms with Gasteiger partial charge in [-0.1, -0.05) is 48.5 Å². The van der Waals surface area contributed by atoms with E-state index in [0.29, 0.717) is 0 Å². The maximum absolute atomic E-state index is 4.81. The molecule has 0 unspecified atom stereocenters. The maximum Gasteiger partial charge on any atom is 0.0662 e. The van der Waals surface area contributed by atoms with Crippen LogP contribution < -0.4 is 0 Å². The van der Waals surface area contributed by atoms with Gasteiger partial charge in [0.2, 0.25) is 0 Å². The van der Waals surface area contributed by atoms with Crippen molar-refractivity contribution in [1.29, 1.82) is 0 Å².